The number of hydrogen-bond donors (Lipinski definition) is 0. The molecule has 1 aliphatic heterocycles. The van der Waals surface area contributed by atoms with Gasteiger partial charge in [0.1, 0.15) is 0 Å². The van der Waals surface area contributed by atoms with Crippen molar-refractivity contribution in [2.75, 3.05) is 19.6 Å². The first kappa shape index (κ1) is 24.4. The first-order valence-corrected chi connectivity index (χ1v) is 12.9. The van der Waals surface area contributed by atoms with E-state index in [9.17, 15) is 0 Å². The first-order valence-electron chi connectivity index (χ1n) is 12.9. The second kappa shape index (κ2) is 14.2. The molecule has 2 rings (SSSR count). The van der Waals surface area contributed by atoms with Crippen LogP contribution in [0.1, 0.15) is 116 Å². The molecule has 168 valence electrons. The Morgan fingerprint density at radius 3 is 2.62 bits per heavy atom. The number of likely N-dealkylation sites (tertiary alicyclic amines) is 1. The number of nitrogens with zero attached hydrogens (tertiary/aromatic N) is 3. The quantitative estimate of drug-likeness (QED) is 0.287. The molecular formula is C26H49N3. The zero-order valence-corrected chi connectivity index (χ0v) is 20.0. The van der Waals surface area contributed by atoms with E-state index < -0.39 is 0 Å². The maximum Gasteiger partial charge on any atom is 0.0524 e. The number of aromatic nitrogens is 2. The van der Waals surface area contributed by atoms with Gasteiger partial charge in [-0.25, -0.2) is 0 Å². The Hall–Kier alpha value is -0.830. The summed E-state index contributed by atoms with van der Waals surface area (Å²) in [6, 6.07) is 0. The minimum Gasteiger partial charge on any atom is -0.303 e. The van der Waals surface area contributed by atoms with E-state index in [1.807, 2.05) is 0 Å². The van der Waals surface area contributed by atoms with Crippen LogP contribution in [0.5, 0.6) is 0 Å². The van der Waals surface area contributed by atoms with Gasteiger partial charge >= 0.3 is 0 Å². The molecule has 3 atom stereocenters. The Kier molecular flexibility index (Phi) is 12.0. The fourth-order valence-electron chi connectivity index (χ4n) is 5.04. The molecule has 1 aliphatic rings. The summed E-state index contributed by atoms with van der Waals surface area (Å²) in [5.41, 5.74) is 1.40. The molecule has 1 saturated heterocycles. The summed E-state index contributed by atoms with van der Waals surface area (Å²) in [5, 5.41) is 4.65. The van der Waals surface area contributed by atoms with Crippen molar-refractivity contribution in [3.05, 3.63) is 18.0 Å². The van der Waals surface area contributed by atoms with Gasteiger partial charge in [-0.3, -0.25) is 4.68 Å². The molecule has 0 spiro atoms. The Morgan fingerprint density at radius 1 is 1.03 bits per heavy atom. The molecule has 0 bridgehead atoms. The van der Waals surface area contributed by atoms with E-state index in [0.29, 0.717) is 5.92 Å². The van der Waals surface area contributed by atoms with Crippen molar-refractivity contribution in [2.45, 2.75) is 117 Å². The predicted molar refractivity (Wildman–Crippen MR) is 126 cm³/mol. The fourth-order valence-corrected chi connectivity index (χ4v) is 5.04. The number of unbranched alkanes of at least 4 members (excludes halogenated alkanes) is 3. The van der Waals surface area contributed by atoms with Crippen molar-refractivity contribution in [1.82, 2.24) is 14.7 Å². The van der Waals surface area contributed by atoms with Crippen molar-refractivity contribution >= 4 is 0 Å². The van der Waals surface area contributed by atoms with Crippen LogP contribution in [0.2, 0.25) is 0 Å². The van der Waals surface area contributed by atoms with Crippen LogP contribution in [0.4, 0.5) is 0 Å². The average molecular weight is 404 g/mol. The summed E-state index contributed by atoms with van der Waals surface area (Å²) < 4.78 is 2.21. The van der Waals surface area contributed by atoms with Gasteiger partial charge in [0.2, 0.25) is 0 Å². The highest BCUT2D eigenvalue weighted by molar-refractivity contribution is 5.09. The molecule has 1 aromatic rings. The van der Waals surface area contributed by atoms with E-state index in [1.54, 1.807) is 0 Å². The number of piperidine rings is 1. The van der Waals surface area contributed by atoms with E-state index in [2.05, 4.69) is 54.8 Å². The highest BCUT2D eigenvalue weighted by atomic mass is 15.3. The van der Waals surface area contributed by atoms with E-state index in [0.717, 1.165) is 18.4 Å². The van der Waals surface area contributed by atoms with Gasteiger partial charge in [0, 0.05) is 19.3 Å². The molecule has 1 fully saturated rings. The van der Waals surface area contributed by atoms with E-state index in [1.165, 1.54) is 102 Å². The maximum absolute atomic E-state index is 4.65. The van der Waals surface area contributed by atoms with Gasteiger partial charge in [0.05, 0.1) is 6.20 Å². The third-order valence-electron chi connectivity index (χ3n) is 7.13. The highest BCUT2D eigenvalue weighted by Crippen LogP contribution is 2.24. The predicted octanol–water partition coefficient (Wildman–Crippen LogP) is 7.28. The van der Waals surface area contributed by atoms with Crippen LogP contribution in [0.3, 0.4) is 0 Å². The molecule has 3 nitrogen and oxygen atoms in total. The fraction of sp³-hybridized carbons (Fsp3) is 0.885. The lowest BCUT2D eigenvalue weighted by Crippen LogP contribution is -2.37. The van der Waals surface area contributed by atoms with Gasteiger partial charge in [-0.1, -0.05) is 72.6 Å². The van der Waals surface area contributed by atoms with Crippen molar-refractivity contribution in [1.29, 1.82) is 0 Å². The summed E-state index contributed by atoms with van der Waals surface area (Å²) in [6.45, 7) is 14.2. The minimum absolute atomic E-state index is 0.629. The van der Waals surface area contributed by atoms with Crippen LogP contribution in [0, 0.1) is 11.8 Å². The van der Waals surface area contributed by atoms with Crippen LogP contribution in [-0.2, 0) is 6.54 Å². The van der Waals surface area contributed by atoms with Gasteiger partial charge in [-0.05, 0) is 68.5 Å². The number of rotatable bonds is 15. The summed E-state index contributed by atoms with van der Waals surface area (Å²) in [6.07, 6.45) is 21.1. The van der Waals surface area contributed by atoms with E-state index >= 15 is 0 Å². The molecule has 29 heavy (non-hydrogen) atoms. The lowest BCUT2D eigenvalue weighted by Gasteiger charge is -2.33. The minimum atomic E-state index is 0.629. The van der Waals surface area contributed by atoms with E-state index in [4.69, 9.17) is 0 Å². The second-order valence-electron chi connectivity index (χ2n) is 9.76. The Labute approximate surface area is 181 Å². The van der Waals surface area contributed by atoms with Crippen LogP contribution >= 0.6 is 0 Å². The molecule has 3 heteroatoms. The van der Waals surface area contributed by atoms with Crippen LogP contribution < -0.4 is 0 Å². The summed E-state index contributed by atoms with van der Waals surface area (Å²) in [5.74, 6) is 2.37. The standard InChI is InChI=1S/C26H49N3/c1-5-8-9-10-14-24(13-6-2)15-11-17-28-18-12-16-25(20-28)21-29-22-26(19-27-29)23(4)7-3/h19,22-25H,5-18,20-21H2,1-4H3/t23?,24?,25-/m1/s1. The third-order valence-corrected chi connectivity index (χ3v) is 7.13. The molecule has 2 unspecified atom stereocenters. The van der Waals surface area contributed by atoms with Crippen LogP contribution in [0.25, 0.3) is 0 Å². The molecular weight excluding hydrogens is 354 g/mol. The SMILES string of the molecule is CCCCCCC(CCC)CCCN1CCC[C@@H](Cn2cc(C(C)CC)cn2)C1. The van der Waals surface area contributed by atoms with Crippen LogP contribution in [-0.4, -0.2) is 34.3 Å². The first-order chi connectivity index (χ1) is 14.2. The van der Waals surface area contributed by atoms with Gasteiger partial charge in [-0.15, -0.1) is 0 Å². The van der Waals surface area contributed by atoms with E-state index in [-0.39, 0.29) is 0 Å². The molecule has 0 amide bonds. The molecule has 0 aromatic carbocycles. The lowest BCUT2D eigenvalue weighted by atomic mass is 9.91. The van der Waals surface area contributed by atoms with Crippen molar-refractivity contribution in [3.8, 4) is 0 Å². The Bertz CT molecular complexity index is 524. The average Bonchev–Trinajstić information content (AvgIpc) is 3.19. The third kappa shape index (κ3) is 9.24. The largest absolute Gasteiger partial charge is 0.303 e. The summed E-state index contributed by atoms with van der Waals surface area (Å²) in [4.78, 5) is 2.74. The summed E-state index contributed by atoms with van der Waals surface area (Å²) >= 11 is 0. The van der Waals surface area contributed by atoms with Gasteiger partial charge < -0.3 is 4.90 Å². The van der Waals surface area contributed by atoms with Gasteiger partial charge in [-0.2, -0.15) is 5.10 Å². The Morgan fingerprint density at radius 2 is 1.86 bits per heavy atom. The zero-order valence-electron chi connectivity index (χ0n) is 20.0. The lowest BCUT2D eigenvalue weighted by molar-refractivity contribution is 0.154. The van der Waals surface area contributed by atoms with Crippen molar-refractivity contribution in [3.63, 3.8) is 0 Å². The van der Waals surface area contributed by atoms with Crippen LogP contribution in [0.15, 0.2) is 12.4 Å². The van der Waals surface area contributed by atoms with Gasteiger partial charge in [0.15, 0.2) is 0 Å². The van der Waals surface area contributed by atoms with Crippen molar-refractivity contribution in [2.24, 2.45) is 11.8 Å². The molecule has 0 radical (unpaired) electrons. The smallest absolute Gasteiger partial charge is 0.0524 e. The zero-order chi connectivity index (χ0) is 20.9. The molecule has 1 aromatic heterocycles. The maximum atomic E-state index is 4.65. The second-order valence-corrected chi connectivity index (χ2v) is 9.76. The Balaban J connectivity index is 1.69. The molecule has 2 heterocycles. The molecule has 0 N–H and O–H groups in total. The topological polar surface area (TPSA) is 21.1 Å². The van der Waals surface area contributed by atoms with Crippen molar-refractivity contribution < 1.29 is 0 Å². The van der Waals surface area contributed by atoms with Gasteiger partial charge in [0.25, 0.3) is 0 Å². The number of hydrogen-bond acceptors (Lipinski definition) is 2. The normalized spacial score (nSPS) is 20.1. The monoisotopic (exact) mass is 403 g/mol. The summed E-state index contributed by atoms with van der Waals surface area (Å²) in [7, 11) is 0. The molecule has 0 aliphatic carbocycles. The highest BCUT2D eigenvalue weighted by Gasteiger charge is 2.21. The molecule has 0 saturated carbocycles.